The van der Waals surface area contributed by atoms with Crippen LogP contribution in [0.15, 0.2) is 88.7 Å². The van der Waals surface area contributed by atoms with Gasteiger partial charge in [-0.05, 0) is 67.5 Å². The van der Waals surface area contributed by atoms with Crippen molar-refractivity contribution in [3.8, 4) is 0 Å². The third-order valence-electron chi connectivity index (χ3n) is 5.50. The average molecular weight is 483 g/mol. The van der Waals surface area contributed by atoms with Gasteiger partial charge in [-0.2, -0.15) is 0 Å². The van der Waals surface area contributed by atoms with Gasteiger partial charge in [-0.15, -0.1) is 11.8 Å². The zero-order chi connectivity index (χ0) is 23.8. The second-order valence-corrected chi connectivity index (χ2v) is 10.6. The quantitative estimate of drug-likeness (QED) is 0.387. The highest BCUT2D eigenvalue weighted by Crippen LogP contribution is 2.20. The zero-order valence-corrected chi connectivity index (χ0v) is 20.7. The fourth-order valence-electron chi connectivity index (χ4n) is 3.49. The van der Waals surface area contributed by atoms with Crippen molar-refractivity contribution in [1.82, 2.24) is 10.0 Å². The van der Waals surface area contributed by atoms with Crippen molar-refractivity contribution in [3.63, 3.8) is 0 Å². The van der Waals surface area contributed by atoms with Gasteiger partial charge >= 0.3 is 0 Å². The van der Waals surface area contributed by atoms with Crippen LogP contribution in [0.1, 0.15) is 49.0 Å². The normalized spacial score (nSPS) is 13.3. The summed E-state index contributed by atoms with van der Waals surface area (Å²) in [6.07, 6.45) is 2.91. The Morgan fingerprint density at radius 2 is 1.45 bits per heavy atom. The summed E-state index contributed by atoms with van der Waals surface area (Å²) in [6.45, 7) is 3.78. The molecular formula is C26H30N2O3S2. The Morgan fingerprint density at radius 1 is 0.848 bits per heavy atom. The van der Waals surface area contributed by atoms with Gasteiger partial charge in [0.2, 0.25) is 15.9 Å². The van der Waals surface area contributed by atoms with Crippen molar-refractivity contribution < 1.29 is 13.2 Å². The molecule has 0 bridgehead atoms. The molecule has 1 amide bonds. The van der Waals surface area contributed by atoms with Gasteiger partial charge < -0.3 is 5.32 Å². The topological polar surface area (TPSA) is 75.3 Å². The molecular weight excluding hydrogens is 452 g/mol. The van der Waals surface area contributed by atoms with Crippen LogP contribution in [0.5, 0.6) is 0 Å². The van der Waals surface area contributed by atoms with Gasteiger partial charge in [0.05, 0.1) is 10.9 Å². The maximum atomic E-state index is 12.7. The van der Waals surface area contributed by atoms with Crippen LogP contribution in [-0.2, 0) is 21.2 Å². The van der Waals surface area contributed by atoms with E-state index in [1.54, 1.807) is 36.0 Å². The Kier molecular flexibility index (Phi) is 8.72. The predicted octanol–water partition coefficient (Wildman–Crippen LogP) is 5.26. The van der Waals surface area contributed by atoms with E-state index >= 15 is 0 Å². The van der Waals surface area contributed by atoms with Gasteiger partial charge in [-0.1, -0.05) is 54.6 Å². The molecule has 0 spiro atoms. The number of rotatable bonds is 10. The van der Waals surface area contributed by atoms with Crippen molar-refractivity contribution in [2.24, 2.45) is 0 Å². The first-order chi connectivity index (χ1) is 15.8. The standard InChI is InChI=1S/C26H30N2O3S2/c1-19(23-12-14-24(32-3)15-13-23)27-26(29)18-11-21-9-16-25(17-10-21)33(30,31)28-20(2)22-7-5-4-6-8-22/h4-10,12-17,19-20,28H,11,18H2,1-3H3,(H,27,29)/t19-,20+/m0/s1. The van der Waals surface area contributed by atoms with E-state index in [1.165, 1.54) is 4.90 Å². The molecule has 0 heterocycles. The fourth-order valence-corrected chi connectivity index (χ4v) is 5.13. The number of hydrogen-bond acceptors (Lipinski definition) is 4. The molecule has 174 valence electrons. The molecule has 0 saturated heterocycles. The molecule has 5 nitrogen and oxygen atoms in total. The van der Waals surface area contributed by atoms with E-state index < -0.39 is 10.0 Å². The lowest BCUT2D eigenvalue weighted by Crippen LogP contribution is -2.27. The Balaban J connectivity index is 1.52. The Morgan fingerprint density at radius 3 is 2.06 bits per heavy atom. The Hall–Kier alpha value is -2.61. The van der Waals surface area contributed by atoms with Crippen molar-refractivity contribution in [2.75, 3.05) is 6.26 Å². The first-order valence-electron chi connectivity index (χ1n) is 10.9. The van der Waals surface area contributed by atoms with Crippen LogP contribution in [0, 0.1) is 0 Å². The molecule has 0 fully saturated rings. The van der Waals surface area contributed by atoms with Gasteiger partial charge in [0.25, 0.3) is 0 Å². The van der Waals surface area contributed by atoms with Gasteiger partial charge in [-0.3, -0.25) is 4.79 Å². The Bertz CT molecular complexity index is 1150. The lowest BCUT2D eigenvalue weighted by atomic mass is 10.1. The smallest absolute Gasteiger partial charge is 0.241 e. The minimum Gasteiger partial charge on any atom is -0.350 e. The summed E-state index contributed by atoms with van der Waals surface area (Å²) in [7, 11) is -3.64. The lowest BCUT2D eigenvalue weighted by Gasteiger charge is -2.15. The number of nitrogens with one attached hydrogen (secondary N) is 2. The molecule has 0 aliphatic rings. The average Bonchev–Trinajstić information content (AvgIpc) is 2.83. The molecule has 2 N–H and O–H groups in total. The van der Waals surface area contributed by atoms with Crippen LogP contribution in [-0.4, -0.2) is 20.6 Å². The summed E-state index contributed by atoms with van der Waals surface area (Å²) in [4.78, 5) is 13.8. The predicted molar refractivity (Wildman–Crippen MR) is 135 cm³/mol. The van der Waals surface area contributed by atoms with E-state index in [2.05, 4.69) is 10.0 Å². The minimum atomic E-state index is -3.64. The molecule has 2 atom stereocenters. The molecule has 3 rings (SSSR count). The first kappa shape index (κ1) is 25.0. The van der Waals surface area contributed by atoms with Gasteiger partial charge in [0.1, 0.15) is 0 Å². The second kappa shape index (κ2) is 11.5. The third kappa shape index (κ3) is 7.19. The third-order valence-corrected chi connectivity index (χ3v) is 7.80. The maximum Gasteiger partial charge on any atom is 0.241 e. The van der Waals surface area contributed by atoms with Crippen molar-refractivity contribution >= 4 is 27.7 Å². The van der Waals surface area contributed by atoms with Gasteiger partial charge in [-0.25, -0.2) is 13.1 Å². The Labute approximate surface area is 201 Å². The second-order valence-electron chi connectivity index (χ2n) is 7.96. The van der Waals surface area contributed by atoms with Gasteiger partial charge in [0, 0.05) is 17.4 Å². The number of thioether (sulfide) groups is 1. The summed E-state index contributed by atoms with van der Waals surface area (Å²) in [5, 5.41) is 3.03. The summed E-state index contributed by atoms with van der Waals surface area (Å²) < 4.78 is 28.1. The first-order valence-corrected chi connectivity index (χ1v) is 13.6. The summed E-state index contributed by atoms with van der Waals surface area (Å²) in [6, 6.07) is 23.9. The summed E-state index contributed by atoms with van der Waals surface area (Å²) in [5.41, 5.74) is 2.88. The molecule has 3 aromatic carbocycles. The SMILES string of the molecule is CSc1ccc([C@H](C)NC(=O)CCc2ccc(S(=O)(=O)N[C@H](C)c3ccccc3)cc2)cc1. The number of benzene rings is 3. The molecule has 0 unspecified atom stereocenters. The highest BCUT2D eigenvalue weighted by atomic mass is 32.2. The van der Waals surface area contributed by atoms with Crippen molar-refractivity contribution in [1.29, 1.82) is 0 Å². The van der Waals surface area contributed by atoms with Gasteiger partial charge in [0.15, 0.2) is 0 Å². The molecule has 0 saturated carbocycles. The number of amides is 1. The van der Waals surface area contributed by atoms with Crippen molar-refractivity contribution in [3.05, 3.63) is 95.6 Å². The van der Waals surface area contributed by atoms with E-state index in [9.17, 15) is 13.2 Å². The number of sulfonamides is 1. The zero-order valence-electron chi connectivity index (χ0n) is 19.1. The van der Waals surface area contributed by atoms with Crippen LogP contribution >= 0.6 is 11.8 Å². The van der Waals surface area contributed by atoms with E-state index in [-0.39, 0.29) is 22.9 Å². The number of aryl methyl sites for hydroxylation is 1. The number of hydrogen-bond donors (Lipinski definition) is 2. The number of carbonyl (C=O) groups is 1. The molecule has 7 heteroatoms. The highest BCUT2D eigenvalue weighted by molar-refractivity contribution is 7.98. The monoisotopic (exact) mass is 482 g/mol. The van der Waals surface area contributed by atoms with Crippen LogP contribution < -0.4 is 10.0 Å². The van der Waals surface area contributed by atoms with Crippen LogP contribution in [0.3, 0.4) is 0 Å². The van der Waals surface area contributed by atoms with E-state index in [1.807, 2.05) is 74.7 Å². The number of carbonyl (C=O) groups excluding carboxylic acids is 1. The van der Waals surface area contributed by atoms with E-state index in [0.29, 0.717) is 12.8 Å². The van der Waals surface area contributed by atoms with Crippen LogP contribution in [0.25, 0.3) is 0 Å². The highest BCUT2D eigenvalue weighted by Gasteiger charge is 2.18. The molecule has 3 aromatic rings. The molecule has 33 heavy (non-hydrogen) atoms. The molecule has 0 radical (unpaired) electrons. The van der Waals surface area contributed by atoms with Crippen LogP contribution in [0.4, 0.5) is 0 Å². The van der Waals surface area contributed by atoms with Crippen LogP contribution in [0.2, 0.25) is 0 Å². The lowest BCUT2D eigenvalue weighted by molar-refractivity contribution is -0.121. The van der Waals surface area contributed by atoms with Crippen molar-refractivity contribution in [2.45, 2.75) is 48.6 Å². The summed E-state index contributed by atoms with van der Waals surface area (Å²) in [5.74, 6) is -0.0357. The molecule has 0 aliphatic heterocycles. The molecule has 0 aromatic heterocycles. The van der Waals surface area contributed by atoms with E-state index in [0.717, 1.165) is 16.7 Å². The maximum absolute atomic E-state index is 12.7. The van der Waals surface area contributed by atoms with E-state index in [4.69, 9.17) is 0 Å². The largest absolute Gasteiger partial charge is 0.350 e. The molecule has 0 aliphatic carbocycles. The minimum absolute atomic E-state index is 0.0357. The summed E-state index contributed by atoms with van der Waals surface area (Å²) >= 11 is 1.68. The fraction of sp³-hybridized carbons (Fsp3) is 0.269.